The highest BCUT2D eigenvalue weighted by Crippen LogP contribution is 2.33. The Morgan fingerprint density at radius 1 is 1.10 bits per heavy atom. The van der Waals surface area contributed by atoms with Gasteiger partial charge in [-0.25, -0.2) is 13.4 Å². The molecule has 0 radical (unpaired) electrons. The van der Waals surface area contributed by atoms with Crippen molar-refractivity contribution in [2.75, 3.05) is 44.2 Å². The molecule has 0 aliphatic carbocycles. The molecule has 10 nitrogen and oxygen atoms in total. The van der Waals surface area contributed by atoms with Crippen molar-refractivity contribution in [2.45, 2.75) is 24.3 Å². The average molecular weight is 435 g/mol. The van der Waals surface area contributed by atoms with E-state index in [-0.39, 0.29) is 10.6 Å². The largest absolute Gasteiger partial charge is 0.368 e. The zero-order valence-corrected chi connectivity index (χ0v) is 17.8. The first-order valence-electron chi connectivity index (χ1n) is 10.1. The van der Waals surface area contributed by atoms with Crippen LogP contribution in [0.2, 0.25) is 0 Å². The monoisotopic (exact) mass is 434 g/mol. The lowest BCUT2D eigenvalue weighted by Gasteiger charge is -2.36. The predicted octanol–water partition coefficient (Wildman–Crippen LogP) is 1.43. The lowest BCUT2D eigenvalue weighted by Crippen LogP contribution is -2.46. The molecule has 30 heavy (non-hydrogen) atoms. The van der Waals surface area contributed by atoms with Crippen LogP contribution in [-0.4, -0.2) is 71.4 Å². The molecule has 0 unspecified atom stereocenters. The molecule has 3 heterocycles. The van der Waals surface area contributed by atoms with E-state index >= 15 is 0 Å². The maximum atomic E-state index is 13.2. The van der Waals surface area contributed by atoms with E-state index in [1.54, 1.807) is 12.3 Å². The van der Waals surface area contributed by atoms with Crippen molar-refractivity contribution >= 4 is 21.4 Å². The fraction of sp³-hybridized carbons (Fsp3) is 0.526. The molecular weight excluding hydrogens is 408 g/mol. The molecule has 0 saturated carbocycles. The van der Waals surface area contributed by atoms with Gasteiger partial charge in [0.25, 0.3) is 5.69 Å². The van der Waals surface area contributed by atoms with Gasteiger partial charge in [0.05, 0.1) is 17.2 Å². The van der Waals surface area contributed by atoms with Crippen LogP contribution in [0.4, 0.5) is 11.4 Å². The summed E-state index contributed by atoms with van der Waals surface area (Å²) in [5.41, 5.74) is 0.342. The van der Waals surface area contributed by atoms with Crippen molar-refractivity contribution in [1.29, 1.82) is 0 Å². The smallest absolute Gasteiger partial charge is 0.270 e. The van der Waals surface area contributed by atoms with Crippen LogP contribution >= 0.6 is 0 Å². The summed E-state index contributed by atoms with van der Waals surface area (Å²) in [6.45, 7) is 4.45. The molecule has 2 aromatic rings. The number of nitro groups is 1. The molecule has 1 aromatic heterocycles. The fourth-order valence-electron chi connectivity index (χ4n) is 4.05. The van der Waals surface area contributed by atoms with Gasteiger partial charge in [0, 0.05) is 70.8 Å². The maximum absolute atomic E-state index is 13.2. The van der Waals surface area contributed by atoms with Crippen LogP contribution in [0.3, 0.4) is 0 Å². The molecule has 2 aliphatic rings. The first-order chi connectivity index (χ1) is 14.4. The summed E-state index contributed by atoms with van der Waals surface area (Å²) in [4.78, 5) is 19.4. The Labute approximate surface area is 175 Å². The highest BCUT2D eigenvalue weighted by atomic mass is 32.2. The van der Waals surface area contributed by atoms with Gasteiger partial charge < -0.3 is 9.47 Å². The number of sulfonamides is 1. The third-order valence-corrected chi connectivity index (χ3v) is 7.76. The Hall–Kier alpha value is -2.50. The number of nitrogens with zero attached hydrogens (tertiary/aromatic N) is 6. The molecule has 11 heteroatoms. The van der Waals surface area contributed by atoms with Gasteiger partial charge in [-0.15, -0.1) is 0 Å². The Balaban J connectivity index is 1.56. The first kappa shape index (κ1) is 20.8. The number of hydrogen-bond acceptors (Lipinski definition) is 7. The number of aromatic nitrogens is 2. The maximum Gasteiger partial charge on any atom is 0.270 e. The van der Waals surface area contributed by atoms with Gasteiger partial charge in [0.1, 0.15) is 10.7 Å². The van der Waals surface area contributed by atoms with Crippen LogP contribution < -0.4 is 4.90 Å². The number of benzene rings is 1. The SMILES string of the molecule is Cn1ccnc1CN1CCN(c2ccc([N+](=O)[O-])cc2S(=O)(=O)N2CCCC2)CC1. The summed E-state index contributed by atoms with van der Waals surface area (Å²) in [6, 6.07) is 4.18. The minimum atomic E-state index is -3.77. The van der Waals surface area contributed by atoms with Gasteiger partial charge in [-0.1, -0.05) is 0 Å². The van der Waals surface area contributed by atoms with Gasteiger partial charge in [0.2, 0.25) is 10.0 Å². The molecule has 0 spiro atoms. The lowest BCUT2D eigenvalue weighted by molar-refractivity contribution is -0.385. The van der Waals surface area contributed by atoms with E-state index in [1.165, 1.54) is 16.4 Å². The molecular formula is C19H26N6O4S. The molecule has 0 atom stereocenters. The van der Waals surface area contributed by atoms with Gasteiger partial charge in [-0.05, 0) is 18.9 Å². The summed E-state index contributed by atoms with van der Waals surface area (Å²) in [5, 5.41) is 11.3. The molecule has 1 aromatic carbocycles. The Morgan fingerprint density at radius 2 is 1.80 bits per heavy atom. The molecule has 162 valence electrons. The van der Waals surface area contributed by atoms with Crippen LogP contribution in [0, 0.1) is 10.1 Å². The molecule has 2 aliphatic heterocycles. The normalized spacial score (nSPS) is 18.8. The number of piperazine rings is 1. The molecule has 2 saturated heterocycles. The summed E-state index contributed by atoms with van der Waals surface area (Å²) < 4.78 is 29.9. The third kappa shape index (κ3) is 4.05. The van der Waals surface area contributed by atoms with E-state index in [9.17, 15) is 18.5 Å². The number of nitro benzene ring substituents is 1. The van der Waals surface area contributed by atoms with E-state index in [4.69, 9.17) is 0 Å². The van der Waals surface area contributed by atoms with Crippen LogP contribution in [-0.2, 0) is 23.6 Å². The van der Waals surface area contributed by atoms with Crippen LogP contribution in [0.5, 0.6) is 0 Å². The van der Waals surface area contributed by atoms with E-state index in [0.29, 0.717) is 31.9 Å². The number of imidazole rings is 1. The van der Waals surface area contributed by atoms with Crippen molar-refractivity contribution in [3.05, 3.63) is 46.5 Å². The van der Waals surface area contributed by atoms with Gasteiger partial charge in [-0.2, -0.15) is 4.31 Å². The van der Waals surface area contributed by atoms with E-state index < -0.39 is 14.9 Å². The minimum absolute atomic E-state index is 0.0381. The Morgan fingerprint density at radius 3 is 2.40 bits per heavy atom. The second kappa shape index (κ2) is 8.32. The topological polar surface area (TPSA) is 105 Å². The highest BCUT2D eigenvalue weighted by molar-refractivity contribution is 7.89. The van der Waals surface area contributed by atoms with E-state index in [2.05, 4.69) is 9.88 Å². The van der Waals surface area contributed by atoms with Gasteiger partial charge >= 0.3 is 0 Å². The lowest BCUT2D eigenvalue weighted by atomic mass is 10.2. The first-order valence-corrected chi connectivity index (χ1v) is 11.5. The quantitative estimate of drug-likeness (QED) is 0.500. The minimum Gasteiger partial charge on any atom is -0.368 e. The number of non-ortho nitro benzene ring substituents is 1. The molecule has 0 bridgehead atoms. The fourth-order valence-corrected chi connectivity index (χ4v) is 5.80. The summed E-state index contributed by atoms with van der Waals surface area (Å²) in [5.74, 6) is 0.982. The van der Waals surface area contributed by atoms with E-state index in [1.807, 2.05) is 22.7 Å². The van der Waals surface area contributed by atoms with E-state index in [0.717, 1.165) is 38.3 Å². The summed E-state index contributed by atoms with van der Waals surface area (Å²) >= 11 is 0. The Bertz CT molecular complexity index is 1020. The zero-order valence-electron chi connectivity index (χ0n) is 17.0. The number of anilines is 1. The number of rotatable bonds is 6. The zero-order chi connectivity index (χ0) is 21.3. The second-order valence-corrected chi connectivity index (χ2v) is 9.64. The van der Waals surface area contributed by atoms with Crippen molar-refractivity contribution in [3.8, 4) is 0 Å². The van der Waals surface area contributed by atoms with Gasteiger partial charge in [-0.3, -0.25) is 15.0 Å². The standard InChI is InChI=1S/C19H26N6O4S/c1-21-9-6-20-19(21)15-22-10-12-23(13-11-22)17-5-4-16(25(26)27)14-18(17)30(28,29)24-7-2-3-8-24/h4-6,9,14H,2-3,7-8,10-13,15H2,1H3. The molecule has 2 fully saturated rings. The van der Waals surface area contributed by atoms with Gasteiger partial charge in [0.15, 0.2) is 0 Å². The highest BCUT2D eigenvalue weighted by Gasteiger charge is 2.33. The number of aryl methyl sites for hydroxylation is 1. The van der Waals surface area contributed by atoms with Crippen molar-refractivity contribution in [3.63, 3.8) is 0 Å². The van der Waals surface area contributed by atoms with Crippen molar-refractivity contribution in [1.82, 2.24) is 18.8 Å². The summed E-state index contributed by atoms with van der Waals surface area (Å²) in [7, 11) is -1.81. The molecule has 0 amide bonds. The second-order valence-electron chi connectivity index (χ2n) is 7.74. The van der Waals surface area contributed by atoms with Crippen LogP contribution in [0.1, 0.15) is 18.7 Å². The van der Waals surface area contributed by atoms with Crippen LogP contribution in [0.25, 0.3) is 0 Å². The van der Waals surface area contributed by atoms with Crippen molar-refractivity contribution in [2.24, 2.45) is 7.05 Å². The van der Waals surface area contributed by atoms with Crippen LogP contribution in [0.15, 0.2) is 35.5 Å². The predicted molar refractivity (Wildman–Crippen MR) is 112 cm³/mol. The summed E-state index contributed by atoms with van der Waals surface area (Å²) in [6.07, 6.45) is 5.32. The molecule has 0 N–H and O–H groups in total. The van der Waals surface area contributed by atoms with Crippen molar-refractivity contribution < 1.29 is 13.3 Å². The Kier molecular flexibility index (Phi) is 5.76. The number of hydrogen-bond donors (Lipinski definition) is 0. The third-order valence-electron chi connectivity index (χ3n) is 5.84. The average Bonchev–Trinajstić information content (AvgIpc) is 3.41. The molecule has 4 rings (SSSR count).